The average molecular weight is 483 g/mol. The minimum absolute atomic E-state index is 0.0122. The molecule has 186 valence electrons. The molecule has 1 aliphatic carbocycles. The van der Waals surface area contributed by atoms with E-state index < -0.39 is 42.1 Å². The number of fused-ring (bicyclic) bond motifs is 3. The van der Waals surface area contributed by atoms with Crippen molar-refractivity contribution in [3.63, 3.8) is 0 Å². The van der Waals surface area contributed by atoms with E-state index in [0.29, 0.717) is 0 Å². The van der Waals surface area contributed by atoms with Gasteiger partial charge in [-0.2, -0.15) is 0 Å². The molecule has 0 saturated heterocycles. The van der Waals surface area contributed by atoms with E-state index in [1.165, 1.54) is 0 Å². The van der Waals surface area contributed by atoms with Crippen molar-refractivity contribution < 1.29 is 33.8 Å². The number of rotatable bonds is 8. The monoisotopic (exact) mass is 482 g/mol. The smallest absolute Gasteiger partial charge is 0.408 e. The Morgan fingerprint density at radius 2 is 1.51 bits per heavy atom. The number of alkyl carbamates (subject to hydrolysis) is 1. The first-order valence-corrected chi connectivity index (χ1v) is 11.4. The minimum atomic E-state index is -1.75. The Morgan fingerprint density at radius 3 is 2.00 bits per heavy atom. The van der Waals surface area contributed by atoms with Gasteiger partial charge in [0.15, 0.2) is 0 Å². The van der Waals surface area contributed by atoms with Crippen LogP contribution in [-0.2, 0) is 23.9 Å². The SMILES string of the molecule is CCOC(=O)C(NC(=O)OCC1c2ccccc2-c2ccccc21)C(=O)N(CC(=O)O)C(C)(C)C. The van der Waals surface area contributed by atoms with E-state index in [9.17, 15) is 24.3 Å². The molecule has 1 aliphatic rings. The summed E-state index contributed by atoms with van der Waals surface area (Å²) in [5.74, 6) is -3.35. The van der Waals surface area contributed by atoms with Crippen molar-refractivity contribution in [1.82, 2.24) is 10.2 Å². The van der Waals surface area contributed by atoms with Gasteiger partial charge in [-0.15, -0.1) is 0 Å². The van der Waals surface area contributed by atoms with E-state index in [4.69, 9.17) is 9.47 Å². The zero-order chi connectivity index (χ0) is 25.8. The topological polar surface area (TPSA) is 122 Å². The second kappa shape index (κ2) is 10.6. The summed E-state index contributed by atoms with van der Waals surface area (Å²) in [5.41, 5.74) is 3.22. The molecule has 2 aromatic rings. The molecule has 1 atom stereocenters. The third-order valence-electron chi connectivity index (χ3n) is 5.74. The number of carboxylic acids is 1. The number of carboxylic acid groups (broad SMARTS) is 1. The van der Waals surface area contributed by atoms with Gasteiger partial charge in [0.2, 0.25) is 6.04 Å². The number of benzene rings is 2. The number of ether oxygens (including phenoxy) is 2. The molecule has 35 heavy (non-hydrogen) atoms. The predicted molar refractivity (Wildman–Crippen MR) is 128 cm³/mol. The van der Waals surface area contributed by atoms with E-state index in [1.54, 1.807) is 27.7 Å². The molecule has 9 heteroatoms. The van der Waals surface area contributed by atoms with Crippen LogP contribution in [0.3, 0.4) is 0 Å². The second-order valence-electron chi connectivity index (χ2n) is 9.14. The highest BCUT2D eigenvalue weighted by atomic mass is 16.6. The molecule has 9 nitrogen and oxygen atoms in total. The Labute approximate surface area is 204 Å². The molecule has 1 unspecified atom stereocenters. The summed E-state index contributed by atoms with van der Waals surface area (Å²) in [4.78, 5) is 50.7. The number of carbonyl (C=O) groups is 4. The number of aliphatic carboxylic acids is 1. The zero-order valence-corrected chi connectivity index (χ0v) is 20.2. The highest BCUT2D eigenvalue weighted by Gasteiger charge is 2.39. The summed E-state index contributed by atoms with van der Waals surface area (Å²) >= 11 is 0. The van der Waals surface area contributed by atoms with Crippen LogP contribution in [0.25, 0.3) is 11.1 Å². The fraction of sp³-hybridized carbons (Fsp3) is 0.385. The van der Waals surface area contributed by atoms with Crippen molar-refractivity contribution in [2.45, 2.75) is 45.2 Å². The highest BCUT2D eigenvalue weighted by molar-refractivity contribution is 6.05. The number of nitrogens with one attached hydrogen (secondary N) is 1. The third-order valence-corrected chi connectivity index (χ3v) is 5.74. The van der Waals surface area contributed by atoms with Gasteiger partial charge in [0, 0.05) is 11.5 Å². The van der Waals surface area contributed by atoms with Crippen LogP contribution in [0.15, 0.2) is 48.5 Å². The molecule has 2 aromatic carbocycles. The van der Waals surface area contributed by atoms with Gasteiger partial charge in [-0.25, -0.2) is 9.59 Å². The van der Waals surface area contributed by atoms with Crippen LogP contribution < -0.4 is 5.32 Å². The Bertz CT molecular complexity index is 1080. The van der Waals surface area contributed by atoms with Crippen LogP contribution in [0.1, 0.15) is 44.7 Å². The first-order chi connectivity index (χ1) is 16.5. The minimum Gasteiger partial charge on any atom is -0.480 e. The molecule has 0 heterocycles. The quantitative estimate of drug-likeness (QED) is 0.438. The average Bonchev–Trinajstić information content (AvgIpc) is 3.12. The van der Waals surface area contributed by atoms with Gasteiger partial charge >= 0.3 is 18.0 Å². The predicted octanol–water partition coefficient (Wildman–Crippen LogP) is 3.17. The molecule has 0 spiro atoms. The van der Waals surface area contributed by atoms with E-state index in [1.807, 2.05) is 48.5 Å². The van der Waals surface area contributed by atoms with Crippen molar-refractivity contribution in [3.05, 3.63) is 59.7 Å². The van der Waals surface area contributed by atoms with E-state index in [0.717, 1.165) is 27.2 Å². The van der Waals surface area contributed by atoms with Crippen molar-refractivity contribution >= 4 is 23.9 Å². The normalized spacial score (nSPS) is 13.3. The molecule has 0 fully saturated rings. The van der Waals surface area contributed by atoms with Crippen molar-refractivity contribution in [2.24, 2.45) is 0 Å². The molecule has 0 saturated carbocycles. The highest BCUT2D eigenvalue weighted by Crippen LogP contribution is 2.44. The molecule has 0 aromatic heterocycles. The van der Waals surface area contributed by atoms with Gasteiger partial charge in [0.1, 0.15) is 13.2 Å². The lowest BCUT2D eigenvalue weighted by Gasteiger charge is -2.36. The Hall–Kier alpha value is -3.88. The van der Waals surface area contributed by atoms with Gasteiger partial charge in [-0.05, 0) is 49.9 Å². The first-order valence-electron chi connectivity index (χ1n) is 11.4. The van der Waals surface area contributed by atoms with Gasteiger partial charge in [-0.1, -0.05) is 48.5 Å². The van der Waals surface area contributed by atoms with Gasteiger partial charge in [0.05, 0.1) is 6.61 Å². The lowest BCUT2D eigenvalue weighted by Crippen LogP contribution is -2.59. The Kier molecular flexibility index (Phi) is 7.78. The van der Waals surface area contributed by atoms with E-state index in [-0.39, 0.29) is 19.1 Å². The largest absolute Gasteiger partial charge is 0.480 e. The summed E-state index contributed by atoms with van der Waals surface area (Å²) in [5, 5.41) is 11.5. The number of carbonyl (C=O) groups excluding carboxylic acids is 3. The van der Waals surface area contributed by atoms with Crippen LogP contribution in [0.4, 0.5) is 4.79 Å². The second-order valence-corrected chi connectivity index (χ2v) is 9.14. The van der Waals surface area contributed by atoms with Crippen LogP contribution >= 0.6 is 0 Å². The first kappa shape index (κ1) is 25.7. The third kappa shape index (κ3) is 5.79. The number of hydrogen-bond acceptors (Lipinski definition) is 6. The lowest BCUT2D eigenvalue weighted by atomic mass is 9.98. The van der Waals surface area contributed by atoms with Gasteiger partial charge in [0.25, 0.3) is 5.91 Å². The number of hydrogen-bond donors (Lipinski definition) is 2. The fourth-order valence-corrected chi connectivity index (χ4v) is 4.14. The molecule has 2 amide bonds. The van der Waals surface area contributed by atoms with E-state index in [2.05, 4.69) is 5.32 Å². The number of amides is 2. The molecule has 0 radical (unpaired) electrons. The standard InChI is InChI=1S/C26H30N2O7/c1-5-34-24(32)22(23(31)28(14-21(29)30)26(2,3)4)27-25(33)35-15-20-18-12-8-6-10-16(18)17-11-7-9-13-19(17)20/h6-13,20,22H,5,14-15H2,1-4H3,(H,27,33)(H,29,30). The summed E-state index contributed by atoms with van der Waals surface area (Å²) in [6.45, 7) is 5.76. The molecule has 3 rings (SSSR count). The molecule has 2 N–H and O–H groups in total. The summed E-state index contributed by atoms with van der Waals surface area (Å²) < 4.78 is 10.4. The lowest BCUT2D eigenvalue weighted by molar-refractivity contribution is -0.157. The maximum absolute atomic E-state index is 13.2. The summed E-state index contributed by atoms with van der Waals surface area (Å²) in [6, 6.07) is 13.9. The maximum Gasteiger partial charge on any atom is 0.408 e. The Morgan fingerprint density at radius 1 is 0.971 bits per heavy atom. The van der Waals surface area contributed by atoms with Crippen LogP contribution in [-0.4, -0.2) is 65.3 Å². The number of esters is 1. The van der Waals surface area contributed by atoms with E-state index >= 15 is 0 Å². The van der Waals surface area contributed by atoms with Gasteiger partial charge in [-0.3, -0.25) is 14.9 Å². The van der Waals surface area contributed by atoms with Crippen molar-refractivity contribution in [1.29, 1.82) is 0 Å². The zero-order valence-electron chi connectivity index (χ0n) is 20.2. The summed E-state index contributed by atoms with van der Waals surface area (Å²) in [6.07, 6.45) is -0.984. The molecule has 0 bridgehead atoms. The molecule has 0 aliphatic heterocycles. The van der Waals surface area contributed by atoms with Gasteiger partial charge < -0.3 is 19.5 Å². The molecular formula is C26H30N2O7. The fourth-order valence-electron chi connectivity index (χ4n) is 4.14. The Balaban J connectivity index is 1.77. The summed E-state index contributed by atoms with van der Waals surface area (Å²) in [7, 11) is 0. The van der Waals surface area contributed by atoms with Crippen molar-refractivity contribution in [3.8, 4) is 11.1 Å². The maximum atomic E-state index is 13.2. The molecular weight excluding hydrogens is 452 g/mol. The van der Waals surface area contributed by atoms with Crippen LogP contribution in [0, 0.1) is 0 Å². The number of nitrogens with zero attached hydrogens (tertiary/aromatic N) is 1. The van der Waals surface area contributed by atoms with Crippen LogP contribution in [0.5, 0.6) is 0 Å². The van der Waals surface area contributed by atoms with Crippen molar-refractivity contribution in [2.75, 3.05) is 19.8 Å². The van der Waals surface area contributed by atoms with Crippen LogP contribution in [0.2, 0.25) is 0 Å².